The summed E-state index contributed by atoms with van der Waals surface area (Å²) in [5, 5.41) is 1.50. The number of rotatable bonds is 3. The van der Waals surface area contributed by atoms with Crippen molar-refractivity contribution in [2.45, 2.75) is 19.9 Å². The van der Waals surface area contributed by atoms with E-state index >= 15 is 0 Å². The molecular weight excluding hydrogens is 411 g/mol. The van der Waals surface area contributed by atoms with E-state index in [1.54, 1.807) is 0 Å². The molecule has 0 saturated heterocycles. The fourth-order valence-corrected chi connectivity index (χ4v) is 4.84. The summed E-state index contributed by atoms with van der Waals surface area (Å²) in [7, 11) is 0. The van der Waals surface area contributed by atoms with Crippen molar-refractivity contribution < 1.29 is 0 Å². The molecule has 0 aliphatic carbocycles. The molecule has 0 radical (unpaired) electrons. The van der Waals surface area contributed by atoms with Crippen LogP contribution in [0.15, 0.2) is 78.9 Å². The minimum absolute atomic E-state index is 0.743. The molecule has 2 nitrogen and oxygen atoms in total. The topological polar surface area (TPSA) is 8.17 Å². The van der Waals surface area contributed by atoms with Crippen LogP contribution in [-0.2, 0) is 13.0 Å². The Balaban J connectivity index is 1.70. The Morgan fingerprint density at radius 1 is 0.800 bits per heavy atom. The zero-order chi connectivity index (χ0) is 20.7. The van der Waals surface area contributed by atoms with Gasteiger partial charge in [-0.3, -0.25) is 0 Å². The van der Waals surface area contributed by atoms with Crippen LogP contribution in [0.2, 0.25) is 10.0 Å². The summed E-state index contributed by atoms with van der Waals surface area (Å²) in [5.41, 5.74) is 8.67. The number of nitrogens with zero attached hydrogens (tertiary/aromatic N) is 2. The van der Waals surface area contributed by atoms with Gasteiger partial charge in [0.1, 0.15) is 0 Å². The van der Waals surface area contributed by atoms with Crippen LogP contribution >= 0.6 is 23.2 Å². The molecule has 0 saturated carbocycles. The Kier molecular flexibility index (Phi) is 5.06. The smallest absolute Gasteiger partial charge is 0.0646 e. The minimum atomic E-state index is 0.743. The molecule has 4 heteroatoms. The van der Waals surface area contributed by atoms with Gasteiger partial charge in [-0.25, -0.2) is 0 Å². The first-order valence-electron chi connectivity index (χ1n) is 10.2. The summed E-state index contributed by atoms with van der Waals surface area (Å²) in [6, 6.07) is 26.8. The number of aromatic nitrogens is 1. The van der Waals surface area contributed by atoms with Gasteiger partial charge in [-0.15, -0.1) is 0 Å². The molecule has 4 aromatic rings. The van der Waals surface area contributed by atoms with Gasteiger partial charge in [0.25, 0.3) is 0 Å². The van der Waals surface area contributed by atoms with E-state index in [2.05, 4.69) is 64.9 Å². The average Bonchev–Trinajstić information content (AvgIpc) is 3.07. The van der Waals surface area contributed by atoms with Crippen molar-refractivity contribution in [1.29, 1.82) is 0 Å². The van der Waals surface area contributed by atoms with Gasteiger partial charge >= 0.3 is 0 Å². The molecule has 30 heavy (non-hydrogen) atoms. The molecule has 1 aliphatic heterocycles. The highest BCUT2D eigenvalue weighted by atomic mass is 35.5. The maximum Gasteiger partial charge on any atom is 0.0646 e. The van der Waals surface area contributed by atoms with Gasteiger partial charge in [-0.1, -0.05) is 65.7 Å². The van der Waals surface area contributed by atoms with Crippen LogP contribution in [0.25, 0.3) is 16.9 Å². The summed E-state index contributed by atoms with van der Waals surface area (Å²) >= 11 is 12.8. The fourth-order valence-electron chi connectivity index (χ4n) is 4.49. The summed E-state index contributed by atoms with van der Waals surface area (Å²) < 4.78 is 2.36. The Bertz CT molecular complexity index is 1190. The molecule has 0 bridgehead atoms. The average molecular weight is 433 g/mol. The molecule has 0 unspecified atom stereocenters. The SMILES string of the molecule is Cc1c2c(n(-c3ccccc3Cl)c1-c1ccc(Cl)cc1)CCN(c1ccccc1)C2. The maximum absolute atomic E-state index is 6.67. The van der Waals surface area contributed by atoms with Gasteiger partial charge < -0.3 is 9.47 Å². The number of fused-ring (bicyclic) bond motifs is 1. The second-order valence-electron chi connectivity index (χ2n) is 7.70. The first-order chi connectivity index (χ1) is 14.6. The summed E-state index contributed by atoms with van der Waals surface area (Å²) in [5.74, 6) is 0. The molecule has 1 aliphatic rings. The van der Waals surface area contributed by atoms with E-state index in [-0.39, 0.29) is 0 Å². The lowest BCUT2D eigenvalue weighted by Crippen LogP contribution is -2.31. The van der Waals surface area contributed by atoms with Crippen molar-refractivity contribution in [2.75, 3.05) is 11.4 Å². The maximum atomic E-state index is 6.67. The quantitative estimate of drug-likeness (QED) is 0.329. The number of halogens is 2. The van der Waals surface area contributed by atoms with Gasteiger partial charge in [0.15, 0.2) is 0 Å². The van der Waals surface area contributed by atoms with E-state index in [0.29, 0.717) is 0 Å². The van der Waals surface area contributed by atoms with Crippen molar-refractivity contribution in [3.05, 3.63) is 106 Å². The normalized spacial score (nSPS) is 13.4. The number of anilines is 1. The van der Waals surface area contributed by atoms with Gasteiger partial charge in [-0.2, -0.15) is 0 Å². The Hall–Kier alpha value is -2.68. The van der Waals surface area contributed by atoms with E-state index in [0.717, 1.165) is 40.8 Å². The first-order valence-corrected chi connectivity index (χ1v) is 10.9. The predicted molar refractivity (Wildman–Crippen MR) is 127 cm³/mol. The predicted octanol–water partition coefficient (Wildman–Crippen LogP) is 7.32. The van der Waals surface area contributed by atoms with Crippen molar-refractivity contribution >= 4 is 28.9 Å². The van der Waals surface area contributed by atoms with E-state index < -0.39 is 0 Å². The lowest BCUT2D eigenvalue weighted by molar-refractivity contribution is 0.706. The second-order valence-corrected chi connectivity index (χ2v) is 8.54. The third-order valence-corrected chi connectivity index (χ3v) is 6.52. The number of para-hydroxylation sites is 2. The molecule has 0 fully saturated rings. The van der Waals surface area contributed by atoms with E-state index in [1.165, 1.54) is 28.2 Å². The van der Waals surface area contributed by atoms with Crippen molar-refractivity contribution in [3.63, 3.8) is 0 Å². The molecule has 0 spiro atoms. The zero-order valence-corrected chi connectivity index (χ0v) is 18.3. The fraction of sp³-hybridized carbons (Fsp3) is 0.154. The highest BCUT2D eigenvalue weighted by Gasteiger charge is 2.28. The van der Waals surface area contributed by atoms with Crippen molar-refractivity contribution in [1.82, 2.24) is 4.57 Å². The zero-order valence-electron chi connectivity index (χ0n) is 16.8. The van der Waals surface area contributed by atoms with E-state index in [1.807, 2.05) is 30.3 Å². The van der Waals surface area contributed by atoms with Crippen LogP contribution < -0.4 is 4.90 Å². The first kappa shape index (κ1) is 19.3. The Morgan fingerprint density at radius 2 is 1.50 bits per heavy atom. The van der Waals surface area contributed by atoms with Crippen LogP contribution in [0.3, 0.4) is 0 Å². The molecule has 5 rings (SSSR count). The van der Waals surface area contributed by atoms with Crippen LogP contribution in [-0.4, -0.2) is 11.1 Å². The van der Waals surface area contributed by atoms with Crippen LogP contribution in [0.1, 0.15) is 16.8 Å². The monoisotopic (exact) mass is 432 g/mol. The van der Waals surface area contributed by atoms with Crippen LogP contribution in [0.5, 0.6) is 0 Å². The summed E-state index contributed by atoms with van der Waals surface area (Å²) in [4.78, 5) is 2.46. The van der Waals surface area contributed by atoms with E-state index in [4.69, 9.17) is 23.2 Å². The van der Waals surface area contributed by atoms with Gasteiger partial charge in [0.05, 0.1) is 16.4 Å². The van der Waals surface area contributed by atoms with Crippen molar-refractivity contribution in [2.24, 2.45) is 0 Å². The van der Waals surface area contributed by atoms with Crippen LogP contribution in [0, 0.1) is 6.92 Å². The molecule has 1 aromatic heterocycles. The van der Waals surface area contributed by atoms with Gasteiger partial charge in [0, 0.05) is 35.9 Å². The Labute approximate surface area is 187 Å². The highest BCUT2D eigenvalue weighted by molar-refractivity contribution is 6.32. The largest absolute Gasteiger partial charge is 0.367 e. The molecular formula is C26H22Cl2N2. The Morgan fingerprint density at radius 3 is 2.23 bits per heavy atom. The third kappa shape index (κ3) is 3.30. The number of benzene rings is 3. The summed E-state index contributed by atoms with van der Waals surface area (Å²) in [6.07, 6.45) is 0.962. The molecule has 0 amide bonds. The van der Waals surface area contributed by atoms with E-state index in [9.17, 15) is 0 Å². The number of hydrogen-bond donors (Lipinski definition) is 0. The minimum Gasteiger partial charge on any atom is -0.367 e. The van der Waals surface area contributed by atoms with Crippen LogP contribution in [0.4, 0.5) is 5.69 Å². The standard InChI is InChI=1S/C26H22Cl2N2/c1-18-22-17-29(21-7-3-2-4-8-21)16-15-24(22)30(25-10-6-5-9-23(25)28)26(18)19-11-13-20(27)14-12-19/h2-14H,15-17H2,1H3. The molecule has 0 atom stereocenters. The van der Waals surface area contributed by atoms with Gasteiger partial charge in [0.2, 0.25) is 0 Å². The summed E-state index contributed by atoms with van der Waals surface area (Å²) in [6.45, 7) is 4.10. The lowest BCUT2D eigenvalue weighted by Gasteiger charge is -2.30. The molecule has 0 N–H and O–H groups in total. The molecule has 2 heterocycles. The highest BCUT2D eigenvalue weighted by Crippen LogP contribution is 2.39. The third-order valence-electron chi connectivity index (χ3n) is 5.95. The second kappa shape index (κ2) is 7.86. The lowest BCUT2D eigenvalue weighted by atomic mass is 10.0. The van der Waals surface area contributed by atoms with Gasteiger partial charge in [-0.05, 0) is 60.0 Å². The molecule has 150 valence electrons. The molecule has 3 aromatic carbocycles. The van der Waals surface area contributed by atoms with Crippen molar-refractivity contribution in [3.8, 4) is 16.9 Å². The number of hydrogen-bond acceptors (Lipinski definition) is 1.